The molecule has 9 aromatic carbocycles. The number of benzene rings is 9. The van der Waals surface area contributed by atoms with Crippen molar-refractivity contribution in [2.75, 3.05) is 9.80 Å². The van der Waals surface area contributed by atoms with Crippen LogP contribution in [-0.4, -0.2) is 0 Å². The van der Waals surface area contributed by atoms with Crippen molar-refractivity contribution < 1.29 is 0 Å². The number of nitrogens with zero attached hydrogens (tertiary/aromatic N) is 2. The second-order valence-electron chi connectivity index (χ2n) is 15.0. The molecule has 0 N–H and O–H groups in total. The maximum atomic E-state index is 2.54. The number of hydrogen-bond acceptors (Lipinski definition) is 2. The minimum absolute atomic E-state index is 0.236. The molecule has 0 aromatic heterocycles. The summed E-state index contributed by atoms with van der Waals surface area (Å²) in [5.41, 5.74) is 14.1. The van der Waals surface area contributed by atoms with Crippen LogP contribution in [0.1, 0.15) is 25.0 Å². The van der Waals surface area contributed by atoms with Crippen LogP contribution >= 0.6 is 0 Å². The van der Waals surface area contributed by atoms with E-state index in [0.29, 0.717) is 0 Å². The molecule has 1 aliphatic rings. The largest absolute Gasteiger partial charge is 0.308 e. The lowest BCUT2D eigenvalue weighted by Crippen LogP contribution is -2.31. The van der Waals surface area contributed by atoms with Crippen molar-refractivity contribution in [2.24, 2.45) is 0 Å². The van der Waals surface area contributed by atoms with E-state index in [2.05, 4.69) is 230 Å². The molecule has 262 valence electrons. The minimum Gasteiger partial charge on any atom is -0.308 e. The number of hydrogen-bond donors (Lipinski definition) is 0. The van der Waals surface area contributed by atoms with Crippen molar-refractivity contribution >= 4 is 55.7 Å². The van der Waals surface area contributed by atoms with Gasteiger partial charge in [0, 0.05) is 21.9 Å². The molecular weight excluding hydrogens is 665 g/mol. The van der Waals surface area contributed by atoms with Crippen molar-refractivity contribution in [2.45, 2.75) is 19.3 Å². The molecule has 0 bridgehead atoms. The normalized spacial score (nSPS) is 13.0. The van der Waals surface area contributed by atoms with E-state index in [9.17, 15) is 0 Å². The molecule has 0 fully saturated rings. The second kappa shape index (κ2) is 13.2. The monoisotopic (exact) mass is 704 g/mol. The summed E-state index contributed by atoms with van der Waals surface area (Å²) in [6, 6.07) is 75.3. The van der Waals surface area contributed by atoms with Crippen LogP contribution < -0.4 is 9.80 Å². The van der Waals surface area contributed by atoms with E-state index >= 15 is 0 Å². The van der Waals surface area contributed by atoms with Crippen LogP contribution in [0.2, 0.25) is 0 Å². The Morgan fingerprint density at radius 3 is 1.67 bits per heavy atom. The maximum absolute atomic E-state index is 2.54. The van der Waals surface area contributed by atoms with E-state index in [1.165, 1.54) is 66.3 Å². The fourth-order valence-electron chi connectivity index (χ4n) is 8.66. The van der Waals surface area contributed by atoms with E-state index in [4.69, 9.17) is 0 Å². The number of para-hydroxylation sites is 1. The lowest BCUT2D eigenvalue weighted by molar-refractivity contribution is 0.632. The summed E-state index contributed by atoms with van der Waals surface area (Å²) in [7, 11) is 0. The molecule has 0 aliphatic carbocycles. The molecule has 10 rings (SSSR count). The van der Waals surface area contributed by atoms with Gasteiger partial charge in [-0.25, -0.2) is 0 Å². The summed E-state index contributed by atoms with van der Waals surface area (Å²) in [6.07, 6.45) is 0. The van der Waals surface area contributed by atoms with Crippen molar-refractivity contribution in [3.8, 4) is 22.3 Å². The molecule has 0 spiro atoms. The van der Waals surface area contributed by atoms with Gasteiger partial charge in [-0.1, -0.05) is 178 Å². The van der Waals surface area contributed by atoms with Gasteiger partial charge >= 0.3 is 0 Å². The Hall–Kier alpha value is -6.90. The first-order chi connectivity index (χ1) is 27.1. The van der Waals surface area contributed by atoms with Crippen LogP contribution in [0, 0.1) is 0 Å². The zero-order valence-electron chi connectivity index (χ0n) is 31.0. The zero-order valence-corrected chi connectivity index (χ0v) is 31.0. The van der Waals surface area contributed by atoms with Gasteiger partial charge in [0.1, 0.15) is 0 Å². The summed E-state index contributed by atoms with van der Waals surface area (Å²) < 4.78 is 0. The average Bonchev–Trinajstić information content (AvgIpc) is 3.25. The van der Waals surface area contributed by atoms with E-state index in [1.807, 2.05) is 0 Å². The third-order valence-electron chi connectivity index (χ3n) is 11.4. The summed E-state index contributed by atoms with van der Waals surface area (Å²) in [4.78, 5) is 5.01. The Labute approximate surface area is 323 Å². The number of anilines is 6. The van der Waals surface area contributed by atoms with E-state index < -0.39 is 0 Å². The van der Waals surface area contributed by atoms with Gasteiger partial charge in [0.15, 0.2) is 0 Å². The smallest absolute Gasteiger partial charge is 0.0781 e. The molecule has 2 heteroatoms. The number of fused-ring (bicyclic) bond motifs is 4. The lowest BCUT2D eigenvalue weighted by atomic mass is 9.72. The first kappa shape index (κ1) is 32.7. The summed E-state index contributed by atoms with van der Waals surface area (Å²) in [5.74, 6) is 0. The van der Waals surface area contributed by atoms with Gasteiger partial charge in [0.25, 0.3) is 0 Å². The predicted molar refractivity (Wildman–Crippen MR) is 234 cm³/mol. The van der Waals surface area contributed by atoms with Gasteiger partial charge in [0.05, 0.1) is 28.4 Å². The Bertz CT molecular complexity index is 2830. The standard InChI is InChI=1S/C53H40N2/c1-53(2)46-25-13-14-26-49(46)55(50-34-31-42(36-47(50)53)38-18-7-4-8-19-38)52-45-24-12-10-21-41(45)30-35-51(52)54(48-27-15-22-40-20-9-11-23-44(40)48)43-32-28-39(29-33-43)37-16-5-3-6-17-37/h3-36H,1-2H3. The van der Waals surface area contributed by atoms with Crippen LogP contribution in [-0.2, 0) is 5.41 Å². The van der Waals surface area contributed by atoms with Crippen LogP contribution in [0.15, 0.2) is 206 Å². The molecule has 1 heterocycles. The summed E-state index contributed by atoms with van der Waals surface area (Å²) in [5, 5.41) is 4.79. The first-order valence-electron chi connectivity index (χ1n) is 19.1. The Kier molecular flexibility index (Phi) is 7.85. The van der Waals surface area contributed by atoms with E-state index in [-0.39, 0.29) is 5.41 Å². The molecule has 1 aliphatic heterocycles. The molecule has 0 saturated carbocycles. The number of rotatable bonds is 6. The fraction of sp³-hybridized carbons (Fsp3) is 0.0566. The first-order valence-corrected chi connectivity index (χ1v) is 19.1. The lowest BCUT2D eigenvalue weighted by Gasteiger charge is -2.44. The van der Waals surface area contributed by atoms with Gasteiger partial charge in [-0.3, -0.25) is 0 Å². The van der Waals surface area contributed by atoms with Crippen LogP contribution in [0.4, 0.5) is 34.1 Å². The molecule has 0 atom stereocenters. The zero-order chi connectivity index (χ0) is 36.9. The van der Waals surface area contributed by atoms with Crippen molar-refractivity contribution in [1.82, 2.24) is 0 Å². The van der Waals surface area contributed by atoms with Gasteiger partial charge in [-0.2, -0.15) is 0 Å². The molecule has 0 saturated heterocycles. The molecule has 2 nitrogen and oxygen atoms in total. The minimum atomic E-state index is -0.236. The van der Waals surface area contributed by atoms with E-state index in [1.54, 1.807) is 0 Å². The van der Waals surface area contributed by atoms with Crippen LogP contribution in [0.3, 0.4) is 0 Å². The van der Waals surface area contributed by atoms with Crippen LogP contribution in [0.5, 0.6) is 0 Å². The quantitative estimate of drug-likeness (QED) is 0.170. The molecule has 0 unspecified atom stereocenters. The van der Waals surface area contributed by atoms with Gasteiger partial charge in [0.2, 0.25) is 0 Å². The third-order valence-corrected chi connectivity index (χ3v) is 11.4. The topological polar surface area (TPSA) is 6.48 Å². The Morgan fingerprint density at radius 1 is 0.382 bits per heavy atom. The van der Waals surface area contributed by atoms with Crippen molar-refractivity contribution in [3.05, 3.63) is 217 Å². The Balaban J connectivity index is 1.28. The highest BCUT2D eigenvalue weighted by Crippen LogP contribution is 2.57. The predicted octanol–water partition coefficient (Wildman–Crippen LogP) is 14.9. The molecular formula is C53H40N2. The fourth-order valence-corrected chi connectivity index (χ4v) is 8.66. The van der Waals surface area contributed by atoms with Gasteiger partial charge < -0.3 is 9.80 Å². The molecule has 55 heavy (non-hydrogen) atoms. The second-order valence-corrected chi connectivity index (χ2v) is 15.0. The summed E-state index contributed by atoms with van der Waals surface area (Å²) in [6.45, 7) is 4.75. The van der Waals surface area contributed by atoms with Crippen LogP contribution in [0.25, 0.3) is 43.8 Å². The molecule has 9 aromatic rings. The third kappa shape index (κ3) is 5.49. The Morgan fingerprint density at radius 2 is 0.927 bits per heavy atom. The van der Waals surface area contributed by atoms with E-state index in [0.717, 1.165) is 22.7 Å². The highest BCUT2D eigenvalue weighted by Gasteiger charge is 2.39. The molecule has 0 radical (unpaired) electrons. The van der Waals surface area contributed by atoms with Crippen molar-refractivity contribution in [3.63, 3.8) is 0 Å². The SMILES string of the molecule is CC1(C)c2ccccc2N(c2c(N(c3ccc(-c4ccccc4)cc3)c3cccc4ccccc34)ccc3ccccc23)c2ccc(-c3ccccc3)cc21. The summed E-state index contributed by atoms with van der Waals surface area (Å²) >= 11 is 0. The van der Waals surface area contributed by atoms with Gasteiger partial charge in [-0.15, -0.1) is 0 Å². The average molecular weight is 705 g/mol. The molecule has 0 amide bonds. The van der Waals surface area contributed by atoms with Gasteiger partial charge in [-0.05, 0) is 86.6 Å². The maximum Gasteiger partial charge on any atom is 0.0781 e. The highest BCUT2D eigenvalue weighted by molar-refractivity contribution is 6.10. The van der Waals surface area contributed by atoms with Crippen molar-refractivity contribution in [1.29, 1.82) is 0 Å². The highest BCUT2D eigenvalue weighted by atomic mass is 15.2.